The van der Waals surface area contributed by atoms with E-state index < -0.39 is 0 Å². The highest BCUT2D eigenvalue weighted by molar-refractivity contribution is 7.71. The molecule has 0 aromatic carbocycles. The average molecular weight is 141 g/mol. The fourth-order valence-electron chi connectivity index (χ4n) is 0.519. The van der Waals surface area contributed by atoms with Gasteiger partial charge in [-0.2, -0.15) is 0 Å². The fourth-order valence-corrected chi connectivity index (χ4v) is 0.637. The number of nitrogens with two attached hydrogens (primary N) is 2. The molecule has 9 heavy (non-hydrogen) atoms. The first-order valence-corrected chi connectivity index (χ1v) is 2.84. The summed E-state index contributed by atoms with van der Waals surface area (Å²) in [5, 5.41) is 0. The Labute approximate surface area is 57.7 Å². The number of nitrogen functional groups attached to an aromatic ring is 2. The molecule has 0 bridgehead atoms. The largest absolute Gasteiger partial charge is 0.397 e. The van der Waals surface area contributed by atoms with Crippen molar-refractivity contribution in [3.05, 3.63) is 16.9 Å². The lowest BCUT2D eigenvalue weighted by Crippen LogP contribution is -1.92. The quantitative estimate of drug-likeness (QED) is 0.470. The molecule has 0 amide bonds. The van der Waals surface area contributed by atoms with Crippen molar-refractivity contribution in [2.45, 2.75) is 0 Å². The monoisotopic (exact) mass is 141 g/mol. The van der Waals surface area contributed by atoms with Gasteiger partial charge in [-0.25, -0.2) is 0 Å². The molecule has 5 N–H and O–H groups in total. The third-order valence-corrected chi connectivity index (χ3v) is 1.31. The van der Waals surface area contributed by atoms with Crippen LogP contribution in [-0.2, 0) is 0 Å². The number of nitrogens with one attached hydrogen (secondary N) is 1. The lowest BCUT2D eigenvalue weighted by atomic mass is 10.4. The lowest BCUT2D eigenvalue weighted by molar-refractivity contribution is 1.31. The van der Waals surface area contributed by atoms with Crippen molar-refractivity contribution in [1.82, 2.24) is 4.98 Å². The zero-order valence-electron chi connectivity index (χ0n) is 4.72. The number of pyridine rings is 1. The van der Waals surface area contributed by atoms with Crippen LogP contribution in [0.3, 0.4) is 0 Å². The van der Waals surface area contributed by atoms with E-state index in [1.165, 1.54) is 0 Å². The van der Waals surface area contributed by atoms with Gasteiger partial charge in [0, 0.05) is 11.9 Å². The lowest BCUT2D eigenvalue weighted by Gasteiger charge is -1.93. The van der Waals surface area contributed by atoms with Crippen LogP contribution in [0.4, 0.5) is 11.4 Å². The van der Waals surface area contributed by atoms with E-state index in [2.05, 4.69) is 4.98 Å². The summed E-state index contributed by atoms with van der Waals surface area (Å²) in [5.41, 5.74) is 11.9. The van der Waals surface area contributed by atoms with Crippen LogP contribution in [-0.4, -0.2) is 4.98 Å². The van der Waals surface area contributed by atoms with Crippen molar-refractivity contribution in [3.63, 3.8) is 0 Å². The molecule has 1 rings (SSSR count). The van der Waals surface area contributed by atoms with Gasteiger partial charge < -0.3 is 16.5 Å². The summed E-state index contributed by atoms with van der Waals surface area (Å²) in [6.07, 6.45) is 1.61. The molecule has 0 atom stereocenters. The van der Waals surface area contributed by atoms with Crippen LogP contribution in [0.25, 0.3) is 0 Å². The first-order valence-electron chi connectivity index (χ1n) is 2.44. The highest BCUT2D eigenvalue weighted by Gasteiger charge is 1.87. The van der Waals surface area contributed by atoms with Gasteiger partial charge in [0.2, 0.25) is 0 Å². The average Bonchev–Trinajstić information content (AvgIpc) is 1.80. The summed E-state index contributed by atoms with van der Waals surface area (Å²) in [6, 6.07) is 1.62. The van der Waals surface area contributed by atoms with E-state index in [4.69, 9.17) is 23.7 Å². The van der Waals surface area contributed by atoms with E-state index in [1.54, 1.807) is 12.3 Å². The van der Waals surface area contributed by atoms with E-state index in [1.807, 2.05) is 0 Å². The first-order chi connectivity index (χ1) is 4.20. The van der Waals surface area contributed by atoms with Crippen LogP contribution < -0.4 is 11.5 Å². The fraction of sp³-hybridized carbons (Fsp3) is 0. The predicted molar refractivity (Wildman–Crippen MR) is 40.5 cm³/mol. The van der Waals surface area contributed by atoms with Crippen LogP contribution in [0.1, 0.15) is 0 Å². The minimum Gasteiger partial charge on any atom is -0.397 e. The number of aromatic amines is 1. The maximum atomic E-state index is 5.41. The van der Waals surface area contributed by atoms with E-state index in [-0.39, 0.29) is 0 Å². The van der Waals surface area contributed by atoms with Gasteiger partial charge >= 0.3 is 0 Å². The third kappa shape index (κ3) is 1.20. The van der Waals surface area contributed by atoms with E-state index in [0.717, 1.165) is 0 Å². The summed E-state index contributed by atoms with van der Waals surface area (Å²) in [5.74, 6) is 0. The summed E-state index contributed by atoms with van der Waals surface area (Å²) >= 11 is 4.78. The molecule has 1 heterocycles. The zero-order valence-corrected chi connectivity index (χ0v) is 5.53. The zero-order chi connectivity index (χ0) is 6.85. The minimum atomic E-state index is 0.519. The minimum absolute atomic E-state index is 0.519. The number of aromatic nitrogens is 1. The third-order valence-electron chi connectivity index (χ3n) is 0.954. The molecular formula is C5H7N3S. The molecule has 0 unspecified atom stereocenters. The first kappa shape index (κ1) is 6.10. The standard InChI is InChI=1S/C5H7N3S/c6-3-1-4(7)5(9)8-2-3/h1-2H,6-7H2,(H,8,9). The highest BCUT2D eigenvalue weighted by atomic mass is 32.1. The molecule has 4 heteroatoms. The molecule has 1 aromatic heterocycles. The molecule has 0 fully saturated rings. The molecule has 0 aliphatic carbocycles. The highest BCUT2D eigenvalue weighted by Crippen LogP contribution is 2.06. The summed E-state index contributed by atoms with van der Waals surface area (Å²) in [7, 11) is 0. The van der Waals surface area contributed by atoms with Gasteiger partial charge in [0.1, 0.15) is 4.64 Å². The topological polar surface area (TPSA) is 67.8 Å². The van der Waals surface area contributed by atoms with Gasteiger partial charge in [0.25, 0.3) is 0 Å². The molecule has 0 aliphatic heterocycles. The summed E-state index contributed by atoms with van der Waals surface area (Å²) < 4.78 is 0.532. The molecule has 0 spiro atoms. The predicted octanol–water partition coefficient (Wildman–Crippen LogP) is 0.909. The molecule has 0 saturated heterocycles. The Morgan fingerprint density at radius 1 is 1.44 bits per heavy atom. The molecule has 48 valence electrons. The Morgan fingerprint density at radius 3 is 2.56 bits per heavy atom. The Morgan fingerprint density at radius 2 is 2.11 bits per heavy atom. The Bertz CT molecular complexity index is 265. The maximum Gasteiger partial charge on any atom is 0.126 e. The van der Waals surface area contributed by atoms with Gasteiger partial charge in [-0.15, -0.1) is 0 Å². The molecule has 0 radical (unpaired) electrons. The van der Waals surface area contributed by atoms with Crippen LogP contribution in [0.2, 0.25) is 0 Å². The van der Waals surface area contributed by atoms with E-state index in [9.17, 15) is 0 Å². The SMILES string of the molecule is Nc1c[nH]c(=S)c(N)c1. The molecule has 3 nitrogen and oxygen atoms in total. The van der Waals surface area contributed by atoms with Crippen LogP contribution in [0.5, 0.6) is 0 Å². The summed E-state index contributed by atoms with van der Waals surface area (Å²) in [6.45, 7) is 0. The molecule has 0 aliphatic rings. The Kier molecular flexibility index (Phi) is 1.40. The molecule has 0 saturated carbocycles. The molecule has 1 aromatic rings. The second-order valence-electron chi connectivity index (χ2n) is 1.72. The van der Waals surface area contributed by atoms with Crippen molar-refractivity contribution < 1.29 is 0 Å². The van der Waals surface area contributed by atoms with E-state index >= 15 is 0 Å². The van der Waals surface area contributed by atoms with Gasteiger partial charge in [-0.05, 0) is 6.07 Å². The second kappa shape index (κ2) is 2.06. The van der Waals surface area contributed by atoms with Gasteiger partial charge in [0.05, 0.1) is 5.69 Å². The normalized spacial score (nSPS) is 9.33. The van der Waals surface area contributed by atoms with Crippen molar-refractivity contribution in [1.29, 1.82) is 0 Å². The molecular weight excluding hydrogens is 134 g/mol. The Balaban J connectivity index is 3.34. The van der Waals surface area contributed by atoms with Crippen molar-refractivity contribution in [2.75, 3.05) is 11.5 Å². The van der Waals surface area contributed by atoms with Gasteiger partial charge in [-0.1, -0.05) is 12.2 Å². The van der Waals surface area contributed by atoms with Crippen molar-refractivity contribution in [2.24, 2.45) is 0 Å². The van der Waals surface area contributed by atoms with Gasteiger partial charge in [0.15, 0.2) is 0 Å². The van der Waals surface area contributed by atoms with Crippen LogP contribution >= 0.6 is 12.2 Å². The van der Waals surface area contributed by atoms with Crippen molar-refractivity contribution >= 4 is 23.6 Å². The van der Waals surface area contributed by atoms with Crippen molar-refractivity contribution in [3.8, 4) is 0 Å². The summed E-state index contributed by atoms with van der Waals surface area (Å²) in [4.78, 5) is 2.73. The number of H-pyrrole nitrogens is 1. The van der Waals surface area contributed by atoms with Crippen LogP contribution in [0.15, 0.2) is 12.3 Å². The second-order valence-corrected chi connectivity index (χ2v) is 2.13. The van der Waals surface area contributed by atoms with Gasteiger partial charge in [-0.3, -0.25) is 0 Å². The number of hydrogen-bond donors (Lipinski definition) is 3. The number of anilines is 2. The number of hydrogen-bond acceptors (Lipinski definition) is 3. The smallest absolute Gasteiger partial charge is 0.126 e. The maximum absolute atomic E-state index is 5.41. The van der Waals surface area contributed by atoms with Crippen LogP contribution in [0, 0.1) is 4.64 Å². The number of rotatable bonds is 0. The Hall–Kier alpha value is -1.03. The van der Waals surface area contributed by atoms with E-state index in [0.29, 0.717) is 16.0 Å².